The number of carbonyl (C=O) groups is 2. The zero-order valence-electron chi connectivity index (χ0n) is 21.5. The number of benzene rings is 2. The van der Waals surface area contributed by atoms with Crippen molar-refractivity contribution in [1.29, 1.82) is 0 Å². The van der Waals surface area contributed by atoms with Gasteiger partial charge in [0.15, 0.2) is 6.10 Å². The van der Waals surface area contributed by atoms with Crippen LogP contribution >= 0.6 is 0 Å². The van der Waals surface area contributed by atoms with Crippen LogP contribution in [0.25, 0.3) is 11.1 Å². The molecule has 1 aliphatic heterocycles. The van der Waals surface area contributed by atoms with E-state index in [4.69, 9.17) is 4.74 Å². The molecule has 1 aliphatic rings. The maximum absolute atomic E-state index is 13.2. The normalized spacial score (nSPS) is 14.2. The zero-order chi connectivity index (χ0) is 25.7. The molecular formula is C28H33N3O4. The molecule has 4 rings (SSSR count). The lowest BCUT2D eigenvalue weighted by Crippen LogP contribution is -2.28. The maximum atomic E-state index is 13.2. The highest BCUT2D eigenvalue weighted by Crippen LogP contribution is 2.43. The number of aryl methyl sites for hydroxylation is 2. The van der Waals surface area contributed by atoms with Crippen molar-refractivity contribution in [2.45, 2.75) is 66.3 Å². The van der Waals surface area contributed by atoms with E-state index in [1.54, 1.807) is 22.0 Å². The van der Waals surface area contributed by atoms with E-state index >= 15 is 0 Å². The van der Waals surface area contributed by atoms with Crippen LogP contribution in [0.15, 0.2) is 36.8 Å². The fourth-order valence-electron chi connectivity index (χ4n) is 4.86. The molecule has 7 nitrogen and oxygen atoms in total. The van der Waals surface area contributed by atoms with Crippen LogP contribution in [-0.4, -0.2) is 37.0 Å². The number of carbonyl (C=O) groups excluding carboxylic acids is 1. The molecule has 0 spiro atoms. The van der Waals surface area contributed by atoms with Crippen molar-refractivity contribution in [2.75, 3.05) is 0 Å². The van der Waals surface area contributed by atoms with Crippen LogP contribution in [0.5, 0.6) is 0 Å². The van der Waals surface area contributed by atoms with Crippen LogP contribution in [0.1, 0.15) is 70.7 Å². The average Bonchev–Trinajstić information content (AvgIpc) is 3.41. The van der Waals surface area contributed by atoms with E-state index in [2.05, 4.69) is 4.98 Å². The predicted octanol–water partition coefficient (Wildman–Crippen LogP) is 5.11. The Balaban J connectivity index is 1.90. The Bertz CT molecular complexity index is 1300. The van der Waals surface area contributed by atoms with Gasteiger partial charge in [-0.15, -0.1) is 0 Å². The van der Waals surface area contributed by atoms with E-state index in [-0.39, 0.29) is 5.91 Å². The van der Waals surface area contributed by atoms with Gasteiger partial charge in [0.2, 0.25) is 0 Å². The Morgan fingerprint density at radius 1 is 1.03 bits per heavy atom. The Morgan fingerprint density at radius 3 is 2.14 bits per heavy atom. The third-order valence-electron chi connectivity index (χ3n) is 6.53. The lowest BCUT2D eigenvalue weighted by atomic mass is 9.83. The number of aromatic nitrogens is 2. The van der Waals surface area contributed by atoms with Crippen molar-refractivity contribution < 1.29 is 19.4 Å². The van der Waals surface area contributed by atoms with E-state index in [0.717, 1.165) is 38.9 Å². The molecule has 0 saturated carbocycles. The first-order chi connectivity index (χ1) is 16.4. The monoisotopic (exact) mass is 475 g/mol. The molecule has 0 fully saturated rings. The summed E-state index contributed by atoms with van der Waals surface area (Å²) in [4.78, 5) is 31.7. The molecule has 1 amide bonds. The van der Waals surface area contributed by atoms with Gasteiger partial charge in [-0.1, -0.05) is 29.8 Å². The fraction of sp³-hybridized carbons (Fsp3) is 0.393. The van der Waals surface area contributed by atoms with Gasteiger partial charge >= 0.3 is 5.97 Å². The smallest absolute Gasteiger partial charge is 0.337 e. The average molecular weight is 476 g/mol. The number of ether oxygens (including phenoxy) is 1. The summed E-state index contributed by atoms with van der Waals surface area (Å²) in [6, 6.07) is 8.10. The standard InChI is InChI=1S/C28H33N3O4/c1-16-8-10-19(11-9-16)23-17(2)20-12-31(26(32)22-14-30(7)15-29-22)13-21(20)18(3)24(23)25(27(33)34)35-28(4,5)6/h8-11,14-15,25H,12-13H2,1-7H3,(H,33,34). The minimum Gasteiger partial charge on any atom is -0.479 e. The van der Waals surface area contributed by atoms with Gasteiger partial charge in [0.05, 0.1) is 11.9 Å². The molecule has 1 atom stereocenters. The first-order valence-electron chi connectivity index (χ1n) is 11.8. The Kier molecular flexibility index (Phi) is 6.32. The van der Waals surface area contributed by atoms with Gasteiger partial charge in [-0.3, -0.25) is 4.79 Å². The molecule has 1 aromatic heterocycles. The molecule has 1 N–H and O–H groups in total. The fourth-order valence-corrected chi connectivity index (χ4v) is 4.86. The molecule has 7 heteroatoms. The number of aliphatic carboxylic acids is 1. The quantitative estimate of drug-likeness (QED) is 0.554. The summed E-state index contributed by atoms with van der Waals surface area (Å²) < 4.78 is 7.87. The van der Waals surface area contributed by atoms with Crippen molar-refractivity contribution >= 4 is 11.9 Å². The highest BCUT2D eigenvalue weighted by atomic mass is 16.5. The lowest BCUT2D eigenvalue weighted by Gasteiger charge is -2.29. The maximum Gasteiger partial charge on any atom is 0.337 e. The van der Waals surface area contributed by atoms with Crippen LogP contribution in [-0.2, 0) is 29.7 Å². The molecule has 2 aromatic carbocycles. The van der Waals surface area contributed by atoms with Crippen molar-refractivity contribution in [3.8, 4) is 11.1 Å². The summed E-state index contributed by atoms with van der Waals surface area (Å²) in [6.07, 6.45) is 2.18. The van der Waals surface area contributed by atoms with Crippen LogP contribution in [0.3, 0.4) is 0 Å². The summed E-state index contributed by atoms with van der Waals surface area (Å²) in [5.74, 6) is -1.17. The number of nitrogens with zero attached hydrogens (tertiary/aromatic N) is 3. The SMILES string of the molecule is Cc1ccc(-c2c(C)c3c(c(C)c2C(OC(C)(C)C)C(=O)O)CN(C(=O)c2cn(C)cn2)C3)cc1. The molecule has 0 saturated heterocycles. The second-order valence-corrected chi connectivity index (χ2v) is 10.4. The second-order valence-electron chi connectivity index (χ2n) is 10.4. The van der Waals surface area contributed by atoms with Crippen molar-refractivity contribution in [3.05, 3.63) is 75.9 Å². The minimum atomic E-state index is -1.14. The van der Waals surface area contributed by atoms with Crippen molar-refractivity contribution in [2.24, 2.45) is 7.05 Å². The van der Waals surface area contributed by atoms with E-state index in [1.165, 1.54) is 0 Å². The molecule has 35 heavy (non-hydrogen) atoms. The third kappa shape index (κ3) is 4.73. The topological polar surface area (TPSA) is 84.7 Å². The highest BCUT2D eigenvalue weighted by molar-refractivity contribution is 5.93. The molecule has 0 bridgehead atoms. The summed E-state index contributed by atoms with van der Waals surface area (Å²) in [5, 5.41) is 10.3. The van der Waals surface area contributed by atoms with E-state index in [9.17, 15) is 14.7 Å². The van der Waals surface area contributed by atoms with Gasteiger partial charge in [0, 0.05) is 31.9 Å². The van der Waals surface area contributed by atoms with E-state index in [1.807, 2.05) is 72.9 Å². The molecule has 0 aliphatic carbocycles. The van der Waals surface area contributed by atoms with Crippen LogP contribution in [0, 0.1) is 20.8 Å². The Hall–Kier alpha value is -3.45. The molecule has 184 valence electrons. The van der Waals surface area contributed by atoms with Gasteiger partial charge in [0.1, 0.15) is 5.69 Å². The zero-order valence-corrected chi connectivity index (χ0v) is 21.5. The highest BCUT2D eigenvalue weighted by Gasteiger charge is 2.36. The number of fused-ring (bicyclic) bond motifs is 1. The number of rotatable bonds is 5. The molecule has 0 radical (unpaired) electrons. The first-order valence-corrected chi connectivity index (χ1v) is 11.8. The summed E-state index contributed by atoms with van der Waals surface area (Å²) in [7, 11) is 1.83. The van der Waals surface area contributed by atoms with Gasteiger partial charge < -0.3 is 19.3 Å². The largest absolute Gasteiger partial charge is 0.479 e. The molecule has 2 heterocycles. The summed E-state index contributed by atoms with van der Waals surface area (Å²) in [6.45, 7) is 12.4. The van der Waals surface area contributed by atoms with Crippen molar-refractivity contribution in [1.82, 2.24) is 14.5 Å². The van der Waals surface area contributed by atoms with Gasteiger partial charge in [-0.2, -0.15) is 0 Å². The van der Waals surface area contributed by atoms with Gasteiger partial charge in [0.25, 0.3) is 5.91 Å². The van der Waals surface area contributed by atoms with Gasteiger partial charge in [-0.05, 0) is 74.9 Å². The van der Waals surface area contributed by atoms with Crippen LogP contribution < -0.4 is 0 Å². The van der Waals surface area contributed by atoms with E-state index < -0.39 is 17.7 Å². The third-order valence-corrected chi connectivity index (χ3v) is 6.53. The lowest BCUT2D eigenvalue weighted by molar-refractivity contribution is -0.160. The number of amides is 1. The Morgan fingerprint density at radius 2 is 1.63 bits per heavy atom. The summed E-state index contributed by atoms with van der Waals surface area (Å²) in [5.41, 5.74) is 7.20. The van der Waals surface area contributed by atoms with Crippen molar-refractivity contribution in [3.63, 3.8) is 0 Å². The van der Waals surface area contributed by atoms with Gasteiger partial charge in [-0.25, -0.2) is 9.78 Å². The number of hydrogen-bond donors (Lipinski definition) is 1. The van der Waals surface area contributed by atoms with Crippen LogP contribution in [0.4, 0.5) is 0 Å². The number of carboxylic acid groups (broad SMARTS) is 1. The van der Waals surface area contributed by atoms with E-state index in [0.29, 0.717) is 24.3 Å². The molecular weight excluding hydrogens is 442 g/mol. The number of hydrogen-bond acceptors (Lipinski definition) is 4. The first kappa shape index (κ1) is 24.7. The summed E-state index contributed by atoms with van der Waals surface area (Å²) >= 11 is 0. The molecule has 1 unspecified atom stereocenters. The Labute approximate surface area is 206 Å². The second kappa shape index (κ2) is 8.96. The minimum absolute atomic E-state index is 0.139. The number of carboxylic acids is 1. The molecule has 3 aromatic rings. The predicted molar refractivity (Wildman–Crippen MR) is 134 cm³/mol. The number of imidazole rings is 1. The van der Waals surface area contributed by atoms with Crippen LogP contribution in [0.2, 0.25) is 0 Å².